The lowest BCUT2D eigenvalue weighted by Crippen LogP contribution is -2.41. The lowest BCUT2D eigenvalue weighted by molar-refractivity contribution is 0.172. The van der Waals surface area contributed by atoms with Crippen LogP contribution in [0.25, 0.3) is 0 Å². The number of likely N-dealkylation sites (tertiary alicyclic amines) is 1. The Hall–Kier alpha value is -0.640. The van der Waals surface area contributed by atoms with Crippen molar-refractivity contribution in [1.82, 2.24) is 4.90 Å². The maximum absolute atomic E-state index is 14.2. The van der Waals surface area contributed by atoms with Crippen LogP contribution < -0.4 is 5.73 Å². The van der Waals surface area contributed by atoms with Gasteiger partial charge in [0.15, 0.2) is 0 Å². The number of benzene rings is 1. The molecule has 3 rings (SSSR count). The SMILES string of the molecule is NC1CCCCN(C2CC2)C1c1ccc(Cl)cc1F. The summed E-state index contributed by atoms with van der Waals surface area (Å²) in [4.78, 5) is 2.42. The summed E-state index contributed by atoms with van der Waals surface area (Å²) in [6.07, 6.45) is 5.71. The van der Waals surface area contributed by atoms with Gasteiger partial charge in [-0.05, 0) is 44.4 Å². The van der Waals surface area contributed by atoms with E-state index in [1.807, 2.05) is 6.07 Å². The Bertz CT molecular complexity index is 461. The summed E-state index contributed by atoms with van der Waals surface area (Å²) >= 11 is 5.85. The summed E-state index contributed by atoms with van der Waals surface area (Å²) in [5, 5.41) is 0.446. The van der Waals surface area contributed by atoms with Crippen molar-refractivity contribution in [3.8, 4) is 0 Å². The van der Waals surface area contributed by atoms with E-state index >= 15 is 0 Å². The van der Waals surface area contributed by atoms with Crippen molar-refractivity contribution in [3.63, 3.8) is 0 Å². The molecule has 2 N–H and O–H groups in total. The first-order valence-electron chi connectivity index (χ1n) is 7.13. The van der Waals surface area contributed by atoms with Crippen LogP contribution in [0.1, 0.15) is 43.7 Å². The number of hydrogen-bond acceptors (Lipinski definition) is 2. The second-order valence-electron chi connectivity index (χ2n) is 5.74. The fourth-order valence-corrected chi connectivity index (χ4v) is 3.34. The standard InChI is InChI=1S/C15H20ClFN2/c16-10-4-7-12(13(17)9-10)15-14(18)3-1-2-8-19(15)11-5-6-11/h4,7,9,11,14-15H,1-3,5-6,8,18H2. The van der Waals surface area contributed by atoms with E-state index in [2.05, 4.69) is 4.90 Å². The molecule has 1 aliphatic heterocycles. The molecule has 19 heavy (non-hydrogen) atoms. The number of hydrogen-bond donors (Lipinski definition) is 1. The van der Waals surface area contributed by atoms with E-state index in [0.717, 1.165) is 25.8 Å². The van der Waals surface area contributed by atoms with Gasteiger partial charge in [0.2, 0.25) is 0 Å². The minimum absolute atomic E-state index is 0.00673. The monoisotopic (exact) mass is 282 g/mol. The maximum atomic E-state index is 14.2. The van der Waals surface area contributed by atoms with Crippen LogP contribution in [0.4, 0.5) is 4.39 Å². The fraction of sp³-hybridized carbons (Fsp3) is 0.600. The average molecular weight is 283 g/mol. The zero-order chi connectivity index (χ0) is 13.4. The van der Waals surface area contributed by atoms with Crippen LogP contribution in [0, 0.1) is 5.82 Å². The van der Waals surface area contributed by atoms with Crippen molar-refractivity contribution in [2.24, 2.45) is 5.73 Å². The van der Waals surface area contributed by atoms with Gasteiger partial charge in [-0.25, -0.2) is 4.39 Å². The van der Waals surface area contributed by atoms with Gasteiger partial charge in [0, 0.05) is 22.7 Å². The van der Waals surface area contributed by atoms with Crippen molar-refractivity contribution in [1.29, 1.82) is 0 Å². The third-order valence-electron chi connectivity index (χ3n) is 4.26. The highest BCUT2D eigenvalue weighted by atomic mass is 35.5. The van der Waals surface area contributed by atoms with E-state index in [0.29, 0.717) is 16.6 Å². The third-order valence-corrected chi connectivity index (χ3v) is 4.50. The van der Waals surface area contributed by atoms with Gasteiger partial charge >= 0.3 is 0 Å². The van der Waals surface area contributed by atoms with Crippen molar-refractivity contribution in [2.75, 3.05) is 6.54 Å². The zero-order valence-corrected chi connectivity index (χ0v) is 11.7. The molecule has 104 valence electrons. The molecule has 1 aliphatic carbocycles. The van der Waals surface area contributed by atoms with Gasteiger partial charge in [0.05, 0.1) is 6.04 Å². The largest absolute Gasteiger partial charge is 0.326 e. The predicted molar refractivity (Wildman–Crippen MR) is 75.7 cm³/mol. The van der Waals surface area contributed by atoms with Gasteiger partial charge in [-0.15, -0.1) is 0 Å². The maximum Gasteiger partial charge on any atom is 0.129 e. The van der Waals surface area contributed by atoms with Crippen molar-refractivity contribution in [2.45, 2.75) is 50.2 Å². The quantitative estimate of drug-likeness (QED) is 0.900. The molecule has 1 heterocycles. The summed E-state index contributed by atoms with van der Waals surface area (Å²) in [6.45, 7) is 1.03. The average Bonchev–Trinajstić information content (AvgIpc) is 3.17. The van der Waals surface area contributed by atoms with Crippen LogP contribution in [0.3, 0.4) is 0 Å². The zero-order valence-electron chi connectivity index (χ0n) is 11.0. The van der Waals surface area contributed by atoms with Crippen molar-refractivity contribution < 1.29 is 4.39 Å². The number of nitrogens with two attached hydrogens (primary N) is 1. The summed E-state index contributed by atoms with van der Waals surface area (Å²) in [7, 11) is 0. The van der Waals surface area contributed by atoms with Gasteiger partial charge in [0.1, 0.15) is 5.82 Å². The van der Waals surface area contributed by atoms with Crippen LogP contribution in [0.5, 0.6) is 0 Å². The Kier molecular flexibility index (Phi) is 3.79. The summed E-state index contributed by atoms with van der Waals surface area (Å²) in [5.41, 5.74) is 7.05. The molecule has 0 amide bonds. The Morgan fingerprint density at radius 3 is 2.68 bits per heavy atom. The molecule has 2 aliphatic rings. The highest BCUT2D eigenvalue weighted by Crippen LogP contribution is 2.39. The molecule has 0 spiro atoms. The molecule has 0 bridgehead atoms. The van der Waals surface area contributed by atoms with E-state index < -0.39 is 0 Å². The second-order valence-corrected chi connectivity index (χ2v) is 6.18. The molecule has 2 unspecified atom stereocenters. The normalized spacial score (nSPS) is 29.2. The lowest BCUT2D eigenvalue weighted by Gasteiger charge is -2.34. The van der Waals surface area contributed by atoms with E-state index in [1.165, 1.54) is 18.9 Å². The minimum atomic E-state index is -0.222. The third kappa shape index (κ3) is 2.78. The Morgan fingerprint density at radius 2 is 2.00 bits per heavy atom. The van der Waals surface area contributed by atoms with Gasteiger partial charge in [-0.2, -0.15) is 0 Å². The number of rotatable bonds is 2. The molecule has 2 nitrogen and oxygen atoms in total. The van der Waals surface area contributed by atoms with E-state index in [-0.39, 0.29) is 17.9 Å². The van der Waals surface area contributed by atoms with Crippen LogP contribution in [0.15, 0.2) is 18.2 Å². The summed E-state index contributed by atoms with van der Waals surface area (Å²) < 4.78 is 14.2. The molecule has 1 aromatic rings. The molecular weight excluding hydrogens is 263 g/mol. The fourth-order valence-electron chi connectivity index (χ4n) is 3.18. The molecular formula is C15H20ClFN2. The molecule has 2 atom stereocenters. The van der Waals surface area contributed by atoms with Crippen LogP contribution in [0.2, 0.25) is 5.02 Å². The minimum Gasteiger partial charge on any atom is -0.326 e. The molecule has 4 heteroatoms. The van der Waals surface area contributed by atoms with E-state index in [1.54, 1.807) is 6.07 Å². The number of halogens is 2. The first-order chi connectivity index (χ1) is 9.16. The van der Waals surface area contributed by atoms with Crippen LogP contribution in [-0.4, -0.2) is 23.5 Å². The smallest absolute Gasteiger partial charge is 0.129 e. The van der Waals surface area contributed by atoms with Gasteiger partial charge < -0.3 is 5.73 Å². The first-order valence-corrected chi connectivity index (χ1v) is 7.51. The van der Waals surface area contributed by atoms with Crippen LogP contribution >= 0.6 is 11.6 Å². The van der Waals surface area contributed by atoms with Gasteiger partial charge in [-0.1, -0.05) is 24.1 Å². The highest BCUT2D eigenvalue weighted by Gasteiger charge is 2.39. The molecule has 1 saturated heterocycles. The Morgan fingerprint density at radius 1 is 1.21 bits per heavy atom. The van der Waals surface area contributed by atoms with E-state index in [4.69, 9.17) is 17.3 Å². The number of nitrogens with zero attached hydrogens (tertiary/aromatic N) is 1. The lowest BCUT2D eigenvalue weighted by atomic mass is 9.95. The summed E-state index contributed by atoms with van der Waals surface area (Å²) in [5.74, 6) is -0.222. The van der Waals surface area contributed by atoms with E-state index in [9.17, 15) is 4.39 Å². The van der Waals surface area contributed by atoms with Gasteiger partial charge in [-0.3, -0.25) is 4.90 Å². The topological polar surface area (TPSA) is 29.3 Å². The summed E-state index contributed by atoms with van der Waals surface area (Å²) in [6, 6.07) is 5.60. The highest BCUT2D eigenvalue weighted by molar-refractivity contribution is 6.30. The van der Waals surface area contributed by atoms with Crippen molar-refractivity contribution >= 4 is 11.6 Å². The van der Waals surface area contributed by atoms with Crippen LogP contribution in [-0.2, 0) is 0 Å². The predicted octanol–water partition coefficient (Wildman–Crippen LogP) is 3.50. The Labute approximate surface area is 118 Å². The second kappa shape index (κ2) is 5.39. The molecule has 1 aromatic carbocycles. The molecule has 2 fully saturated rings. The first kappa shape index (κ1) is 13.3. The molecule has 1 saturated carbocycles. The molecule has 0 aromatic heterocycles. The van der Waals surface area contributed by atoms with Gasteiger partial charge in [0.25, 0.3) is 0 Å². The Balaban J connectivity index is 1.96. The van der Waals surface area contributed by atoms with Crippen molar-refractivity contribution in [3.05, 3.63) is 34.6 Å². The molecule has 0 radical (unpaired) electrons.